The van der Waals surface area contributed by atoms with Gasteiger partial charge in [-0.25, -0.2) is 4.39 Å². The molecule has 29 heavy (non-hydrogen) atoms. The Hall–Kier alpha value is -1.63. The lowest BCUT2D eigenvalue weighted by molar-refractivity contribution is -0.137. The maximum atomic E-state index is 14.5. The fourth-order valence-corrected chi connectivity index (χ4v) is 5.88. The lowest BCUT2D eigenvalue weighted by Crippen LogP contribution is -2.04. The Morgan fingerprint density at radius 2 is 2.07 bits per heavy atom. The normalized spacial score (nSPS) is 16.9. The van der Waals surface area contributed by atoms with E-state index in [1.165, 1.54) is 0 Å². The van der Waals surface area contributed by atoms with Crippen LogP contribution in [0.4, 0.5) is 4.39 Å². The van der Waals surface area contributed by atoms with Gasteiger partial charge in [-0.2, -0.15) is 11.8 Å². The molecule has 1 aliphatic heterocycles. The molecule has 0 radical (unpaired) electrons. The van der Waals surface area contributed by atoms with Gasteiger partial charge in [-0.15, -0.1) is 0 Å². The molecule has 1 aromatic heterocycles. The Labute approximate surface area is 182 Å². The van der Waals surface area contributed by atoms with Crippen molar-refractivity contribution in [1.29, 1.82) is 0 Å². The average molecular weight is 450 g/mol. The monoisotopic (exact) mass is 449 g/mol. The van der Waals surface area contributed by atoms with Crippen LogP contribution >= 0.6 is 35.1 Å². The third-order valence-corrected chi connectivity index (χ3v) is 7.83. The van der Waals surface area contributed by atoms with E-state index in [9.17, 15) is 14.3 Å². The average Bonchev–Trinajstić information content (AvgIpc) is 3.21. The van der Waals surface area contributed by atoms with Crippen molar-refractivity contribution in [2.45, 2.75) is 47.3 Å². The van der Waals surface area contributed by atoms with Crippen molar-refractivity contribution >= 4 is 52.0 Å². The van der Waals surface area contributed by atoms with Gasteiger partial charge in [0.05, 0.1) is 11.9 Å². The number of nitrogens with zero attached hydrogens (tertiary/aromatic N) is 1. The molecule has 0 aliphatic carbocycles. The predicted octanol–water partition coefficient (Wildman–Crippen LogP) is 6.97. The summed E-state index contributed by atoms with van der Waals surface area (Å²) in [6.07, 6.45) is 2.86. The van der Waals surface area contributed by atoms with Gasteiger partial charge in [0.15, 0.2) is 0 Å². The number of rotatable bonds is 6. The third-order valence-electron chi connectivity index (χ3n) is 5.49. The number of aromatic nitrogens is 1. The molecule has 7 heteroatoms. The zero-order valence-electron chi connectivity index (χ0n) is 16.1. The van der Waals surface area contributed by atoms with E-state index >= 15 is 0 Å². The maximum absolute atomic E-state index is 14.5. The summed E-state index contributed by atoms with van der Waals surface area (Å²) in [6, 6.07) is 10.8. The second kappa shape index (κ2) is 8.25. The van der Waals surface area contributed by atoms with Crippen LogP contribution in [0, 0.1) is 5.82 Å². The summed E-state index contributed by atoms with van der Waals surface area (Å²) in [6.45, 7) is 2.79. The van der Waals surface area contributed by atoms with Crippen molar-refractivity contribution in [1.82, 2.24) is 4.57 Å². The number of carboxylic acid groups (broad SMARTS) is 1. The molecule has 2 atom stereocenters. The number of thioether (sulfide) groups is 1. The van der Waals surface area contributed by atoms with E-state index in [1.54, 1.807) is 35.7 Å². The topological polar surface area (TPSA) is 42.2 Å². The molecule has 0 amide bonds. The van der Waals surface area contributed by atoms with E-state index in [0.29, 0.717) is 11.6 Å². The number of halogens is 2. The van der Waals surface area contributed by atoms with E-state index in [1.807, 2.05) is 30.5 Å². The summed E-state index contributed by atoms with van der Waals surface area (Å²) in [7, 11) is 0. The zero-order chi connectivity index (χ0) is 20.7. The molecule has 1 N–H and O–H groups in total. The quantitative estimate of drug-likeness (QED) is 0.441. The smallest absolute Gasteiger partial charge is 0.304 e. The van der Waals surface area contributed by atoms with Gasteiger partial charge < -0.3 is 9.67 Å². The van der Waals surface area contributed by atoms with E-state index in [-0.39, 0.29) is 23.4 Å². The van der Waals surface area contributed by atoms with Crippen LogP contribution in [-0.2, 0) is 11.3 Å². The number of aliphatic carboxylic acids is 1. The van der Waals surface area contributed by atoms with Gasteiger partial charge in [0.25, 0.3) is 0 Å². The fourth-order valence-electron chi connectivity index (χ4n) is 4.10. The molecule has 4 rings (SSSR count). The van der Waals surface area contributed by atoms with Crippen LogP contribution < -0.4 is 0 Å². The number of fused-ring (bicyclic) bond motifs is 3. The highest BCUT2D eigenvalue weighted by atomic mass is 35.5. The summed E-state index contributed by atoms with van der Waals surface area (Å²) in [4.78, 5) is 13.5. The van der Waals surface area contributed by atoms with Crippen LogP contribution in [0.15, 0.2) is 46.2 Å². The molecule has 2 heterocycles. The lowest BCUT2D eigenvalue weighted by atomic mass is 9.99. The fraction of sp³-hybridized carbons (Fsp3) is 0.318. The number of hydrogen-bond donors (Lipinski definition) is 1. The number of hydrogen-bond acceptors (Lipinski definition) is 3. The standard InChI is InChI=1S/C22H21ClFNO2S2/c1-12(28-2)17-10-15(24)11-18-20(17)22(29-16-5-3-14(23)4-6-16)21-13(9-19(26)27)7-8-25(18)21/h3-6,10-13H,7-9H2,1-2H3,(H,26,27). The minimum atomic E-state index is -0.806. The summed E-state index contributed by atoms with van der Waals surface area (Å²) in [5, 5.41) is 11.3. The maximum Gasteiger partial charge on any atom is 0.304 e. The van der Waals surface area contributed by atoms with Crippen LogP contribution in [0.3, 0.4) is 0 Å². The molecule has 0 saturated heterocycles. The predicted molar refractivity (Wildman–Crippen MR) is 119 cm³/mol. The molecular weight excluding hydrogens is 429 g/mol. The van der Waals surface area contributed by atoms with Crippen LogP contribution in [0.25, 0.3) is 10.9 Å². The van der Waals surface area contributed by atoms with Crippen molar-refractivity contribution in [3.63, 3.8) is 0 Å². The van der Waals surface area contributed by atoms with Crippen LogP contribution in [-0.4, -0.2) is 21.9 Å². The number of carbonyl (C=O) groups is 1. The third kappa shape index (κ3) is 3.90. The van der Waals surface area contributed by atoms with Crippen molar-refractivity contribution < 1.29 is 14.3 Å². The highest BCUT2D eigenvalue weighted by Crippen LogP contribution is 2.49. The van der Waals surface area contributed by atoms with Crippen LogP contribution in [0.1, 0.15) is 42.2 Å². The lowest BCUT2D eigenvalue weighted by Gasteiger charge is -2.14. The summed E-state index contributed by atoms with van der Waals surface area (Å²) < 4.78 is 16.6. The number of benzene rings is 2. The van der Waals surface area contributed by atoms with Gasteiger partial charge in [-0.3, -0.25) is 4.79 Å². The molecule has 0 saturated carbocycles. The number of carboxylic acids is 1. The molecule has 3 nitrogen and oxygen atoms in total. The van der Waals surface area contributed by atoms with Gasteiger partial charge in [0.2, 0.25) is 0 Å². The summed E-state index contributed by atoms with van der Waals surface area (Å²) in [5.74, 6) is -1.13. The minimum absolute atomic E-state index is 0.0739. The largest absolute Gasteiger partial charge is 0.481 e. The van der Waals surface area contributed by atoms with Gasteiger partial charge in [0, 0.05) is 43.6 Å². The molecule has 0 bridgehead atoms. The highest BCUT2D eigenvalue weighted by molar-refractivity contribution is 7.99. The zero-order valence-corrected chi connectivity index (χ0v) is 18.5. The van der Waals surface area contributed by atoms with Gasteiger partial charge in [0.1, 0.15) is 5.82 Å². The van der Waals surface area contributed by atoms with Gasteiger partial charge >= 0.3 is 5.97 Å². The molecule has 152 valence electrons. The molecule has 2 unspecified atom stereocenters. The first-order chi connectivity index (χ1) is 13.9. The van der Waals surface area contributed by atoms with Crippen molar-refractivity contribution in [3.05, 3.63) is 58.5 Å². The second-order valence-electron chi connectivity index (χ2n) is 7.27. The number of aryl methyl sites for hydroxylation is 1. The molecule has 0 spiro atoms. The molecule has 3 aromatic rings. The van der Waals surface area contributed by atoms with E-state index in [0.717, 1.165) is 38.4 Å². The van der Waals surface area contributed by atoms with Crippen LogP contribution in [0.2, 0.25) is 5.02 Å². The van der Waals surface area contributed by atoms with Gasteiger partial charge in [-0.05, 0) is 61.6 Å². The van der Waals surface area contributed by atoms with E-state index in [2.05, 4.69) is 11.5 Å². The Balaban J connectivity index is 1.96. The van der Waals surface area contributed by atoms with Crippen LogP contribution in [0.5, 0.6) is 0 Å². The first-order valence-electron chi connectivity index (χ1n) is 9.42. The molecule has 1 aliphatic rings. The minimum Gasteiger partial charge on any atom is -0.481 e. The Morgan fingerprint density at radius 1 is 1.34 bits per heavy atom. The highest BCUT2D eigenvalue weighted by Gasteiger charge is 2.33. The Kier molecular flexibility index (Phi) is 5.87. The molecule has 2 aromatic carbocycles. The van der Waals surface area contributed by atoms with Crippen molar-refractivity contribution in [2.75, 3.05) is 6.26 Å². The van der Waals surface area contributed by atoms with E-state index < -0.39 is 5.97 Å². The SMILES string of the molecule is CSC(C)c1cc(F)cc2c1c(Sc1ccc(Cl)cc1)c1n2CCC1CC(=O)O. The van der Waals surface area contributed by atoms with Gasteiger partial charge in [-0.1, -0.05) is 23.4 Å². The molecular formula is C22H21ClFNO2S2. The Morgan fingerprint density at radius 3 is 2.72 bits per heavy atom. The summed E-state index contributed by atoms with van der Waals surface area (Å²) >= 11 is 9.33. The van der Waals surface area contributed by atoms with Crippen molar-refractivity contribution in [3.8, 4) is 0 Å². The second-order valence-corrected chi connectivity index (χ2v) is 9.97. The first-order valence-corrected chi connectivity index (χ1v) is 11.9. The molecule has 0 fully saturated rings. The first kappa shape index (κ1) is 20.6. The Bertz CT molecular complexity index is 1080. The van der Waals surface area contributed by atoms with Crippen molar-refractivity contribution in [2.24, 2.45) is 0 Å². The summed E-state index contributed by atoms with van der Waals surface area (Å²) in [5.41, 5.74) is 2.84. The van der Waals surface area contributed by atoms with E-state index in [4.69, 9.17) is 11.6 Å².